The number of anilines is 1. The summed E-state index contributed by atoms with van der Waals surface area (Å²) in [6, 6.07) is 4.74. The van der Waals surface area contributed by atoms with Crippen molar-refractivity contribution in [1.82, 2.24) is 0 Å². The number of thioether (sulfide) groups is 1. The molecular formula is C13H18N2O3S2. The van der Waals surface area contributed by atoms with Gasteiger partial charge < -0.3 is 5.32 Å². The molecule has 1 amide bonds. The molecule has 0 saturated carbocycles. The average molecular weight is 314 g/mol. The SMILES string of the molecule is Cc1ccc(NC(=O)C2CCCCS2)cc1S(N)(=O)=O. The van der Waals surface area contributed by atoms with E-state index in [-0.39, 0.29) is 16.1 Å². The maximum absolute atomic E-state index is 12.1. The van der Waals surface area contributed by atoms with E-state index in [1.807, 2.05) is 0 Å². The molecule has 5 nitrogen and oxygen atoms in total. The van der Waals surface area contributed by atoms with Crippen LogP contribution in [0.1, 0.15) is 24.8 Å². The second kappa shape index (κ2) is 6.15. The first kappa shape index (κ1) is 15.3. The predicted octanol–water partition coefficient (Wildman–Crippen LogP) is 1.87. The highest BCUT2D eigenvalue weighted by atomic mass is 32.2. The van der Waals surface area contributed by atoms with Gasteiger partial charge in [-0.3, -0.25) is 4.79 Å². The van der Waals surface area contributed by atoms with Crippen molar-refractivity contribution in [1.29, 1.82) is 0 Å². The van der Waals surface area contributed by atoms with Crippen LogP contribution in [0.25, 0.3) is 0 Å². The zero-order chi connectivity index (χ0) is 14.8. The van der Waals surface area contributed by atoms with Crippen LogP contribution in [-0.2, 0) is 14.8 Å². The molecule has 1 atom stereocenters. The molecule has 1 aromatic rings. The Morgan fingerprint density at radius 2 is 2.15 bits per heavy atom. The van der Waals surface area contributed by atoms with E-state index in [4.69, 9.17) is 5.14 Å². The molecule has 1 fully saturated rings. The Morgan fingerprint density at radius 3 is 2.75 bits per heavy atom. The van der Waals surface area contributed by atoms with E-state index in [1.54, 1.807) is 30.8 Å². The van der Waals surface area contributed by atoms with Gasteiger partial charge in [-0.15, -0.1) is 11.8 Å². The molecule has 0 aliphatic carbocycles. The number of nitrogens with one attached hydrogen (secondary N) is 1. The first-order valence-electron chi connectivity index (χ1n) is 6.44. The molecule has 0 bridgehead atoms. The number of aryl methyl sites for hydroxylation is 1. The topological polar surface area (TPSA) is 89.3 Å². The Hall–Kier alpha value is -1.05. The fraction of sp³-hybridized carbons (Fsp3) is 0.462. The molecule has 3 N–H and O–H groups in total. The standard InChI is InChI=1S/C13H18N2O3S2/c1-9-5-6-10(8-12(9)20(14,17)18)15-13(16)11-4-2-3-7-19-11/h5-6,8,11H,2-4,7H2,1H3,(H,15,16)(H2,14,17,18). The summed E-state index contributed by atoms with van der Waals surface area (Å²) in [4.78, 5) is 12.1. The molecule has 0 aromatic heterocycles. The second-order valence-corrected chi connectivity index (χ2v) is 7.71. The van der Waals surface area contributed by atoms with E-state index in [0.29, 0.717) is 11.3 Å². The number of primary sulfonamides is 1. The van der Waals surface area contributed by atoms with Gasteiger partial charge in [0.15, 0.2) is 0 Å². The lowest BCUT2D eigenvalue weighted by Crippen LogP contribution is -2.27. The van der Waals surface area contributed by atoms with Crippen molar-refractivity contribution in [2.45, 2.75) is 36.3 Å². The zero-order valence-corrected chi connectivity index (χ0v) is 12.9. The monoisotopic (exact) mass is 314 g/mol. The summed E-state index contributed by atoms with van der Waals surface area (Å²) >= 11 is 1.65. The second-order valence-electron chi connectivity index (χ2n) is 4.87. The summed E-state index contributed by atoms with van der Waals surface area (Å²) in [5, 5.41) is 7.87. The molecule has 1 unspecified atom stereocenters. The Kier molecular flexibility index (Phi) is 4.72. The molecule has 1 saturated heterocycles. The largest absolute Gasteiger partial charge is 0.325 e. The molecule has 1 heterocycles. The molecular weight excluding hydrogens is 296 g/mol. The molecule has 0 spiro atoms. The van der Waals surface area contributed by atoms with Gasteiger partial charge in [-0.05, 0) is 43.2 Å². The summed E-state index contributed by atoms with van der Waals surface area (Å²) in [7, 11) is -3.77. The quantitative estimate of drug-likeness (QED) is 0.891. The number of sulfonamides is 1. The van der Waals surface area contributed by atoms with Gasteiger partial charge in [0.2, 0.25) is 15.9 Å². The first-order chi connectivity index (χ1) is 9.38. The highest BCUT2D eigenvalue weighted by molar-refractivity contribution is 8.00. The lowest BCUT2D eigenvalue weighted by Gasteiger charge is -2.20. The van der Waals surface area contributed by atoms with Crippen molar-refractivity contribution in [3.8, 4) is 0 Å². The summed E-state index contributed by atoms with van der Waals surface area (Å²) < 4.78 is 22.9. The van der Waals surface area contributed by atoms with Crippen LogP contribution < -0.4 is 10.5 Å². The number of nitrogens with two attached hydrogens (primary N) is 1. The van der Waals surface area contributed by atoms with E-state index < -0.39 is 10.0 Å². The Labute approximate surface area is 123 Å². The van der Waals surface area contributed by atoms with Crippen molar-refractivity contribution in [2.24, 2.45) is 5.14 Å². The number of carbonyl (C=O) groups excluding carboxylic acids is 1. The zero-order valence-electron chi connectivity index (χ0n) is 11.3. The Balaban J connectivity index is 2.15. The molecule has 2 rings (SSSR count). The van der Waals surface area contributed by atoms with Crippen molar-refractivity contribution in [2.75, 3.05) is 11.1 Å². The van der Waals surface area contributed by atoms with E-state index in [1.165, 1.54) is 6.07 Å². The van der Waals surface area contributed by atoms with E-state index in [0.717, 1.165) is 25.0 Å². The van der Waals surface area contributed by atoms with Gasteiger partial charge in [0.05, 0.1) is 10.1 Å². The van der Waals surface area contributed by atoms with Crippen LogP contribution in [0, 0.1) is 6.92 Å². The molecule has 0 radical (unpaired) electrons. The minimum absolute atomic E-state index is 0.0478. The number of benzene rings is 1. The van der Waals surface area contributed by atoms with Crippen LogP contribution in [0.3, 0.4) is 0 Å². The first-order valence-corrected chi connectivity index (χ1v) is 9.03. The Morgan fingerprint density at radius 1 is 1.40 bits per heavy atom. The molecule has 1 aliphatic heterocycles. The maximum atomic E-state index is 12.1. The minimum atomic E-state index is -3.77. The smallest absolute Gasteiger partial charge is 0.238 e. The normalized spacial score (nSPS) is 19.6. The molecule has 1 aromatic carbocycles. The third kappa shape index (κ3) is 3.74. The molecule has 1 aliphatic rings. The van der Waals surface area contributed by atoms with Crippen molar-refractivity contribution in [3.05, 3.63) is 23.8 Å². The van der Waals surface area contributed by atoms with E-state index in [2.05, 4.69) is 5.32 Å². The number of rotatable bonds is 3. The van der Waals surface area contributed by atoms with Crippen LogP contribution in [-0.4, -0.2) is 25.3 Å². The lowest BCUT2D eigenvalue weighted by atomic mass is 10.1. The van der Waals surface area contributed by atoms with Crippen LogP contribution in [0.15, 0.2) is 23.1 Å². The van der Waals surface area contributed by atoms with Crippen LogP contribution in [0.2, 0.25) is 0 Å². The van der Waals surface area contributed by atoms with Crippen molar-refractivity contribution in [3.63, 3.8) is 0 Å². The van der Waals surface area contributed by atoms with Gasteiger partial charge in [0, 0.05) is 5.69 Å². The summed E-state index contributed by atoms with van der Waals surface area (Å²) in [5.41, 5.74) is 1.04. The van der Waals surface area contributed by atoms with Gasteiger partial charge in [-0.2, -0.15) is 0 Å². The third-order valence-electron chi connectivity index (χ3n) is 3.23. The van der Waals surface area contributed by atoms with Gasteiger partial charge in [-0.25, -0.2) is 13.6 Å². The predicted molar refractivity (Wildman–Crippen MR) is 81.3 cm³/mol. The highest BCUT2D eigenvalue weighted by Gasteiger charge is 2.22. The Bertz CT molecular complexity index is 608. The lowest BCUT2D eigenvalue weighted by molar-refractivity contribution is -0.115. The number of carbonyl (C=O) groups is 1. The minimum Gasteiger partial charge on any atom is -0.325 e. The molecule has 7 heteroatoms. The van der Waals surface area contributed by atoms with Crippen molar-refractivity contribution >= 4 is 33.4 Å². The summed E-state index contributed by atoms with van der Waals surface area (Å²) in [5.74, 6) is 0.924. The van der Waals surface area contributed by atoms with Gasteiger partial charge in [0.1, 0.15) is 0 Å². The number of hydrogen-bond acceptors (Lipinski definition) is 4. The fourth-order valence-corrected chi connectivity index (χ4v) is 4.16. The van der Waals surface area contributed by atoms with Crippen LogP contribution >= 0.6 is 11.8 Å². The van der Waals surface area contributed by atoms with Gasteiger partial charge in [-0.1, -0.05) is 12.5 Å². The van der Waals surface area contributed by atoms with E-state index in [9.17, 15) is 13.2 Å². The maximum Gasteiger partial charge on any atom is 0.238 e. The molecule has 20 heavy (non-hydrogen) atoms. The van der Waals surface area contributed by atoms with Crippen LogP contribution in [0.5, 0.6) is 0 Å². The summed E-state index contributed by atoms with van der Waals surface area (Å²) in [6.45, 7) is 1.67. The summed E-state index contributed by atoms with van der Waals surface area (Å²) in [6.07, 6.45) is 3.07. The van der Waals surface area contributed by atoms with E-state index >= 15 is 0 Å². The van der Waals surface area contributed by atoms with Gasteiger partial charge >= 0.3 is 0 Å². The third-order valence-corrected chi connectivity index (χ3v) is 5.66. The fourth-order valence-electron chi connectivity index (χ4n) is 2.15. The average Bonchev–Trinajstić information content (AvgIpc) is 2.40. The van der Waals surface area contributed by atoms with Gasteiger partial charge in [0.25, 0.3) is 0 Å². The van der Waals surface area contributed by atoms with Crippen molar-refractivity contribution < 1.29 is 13.2 Å². The molecule has 110 valence electrons. The van der Waals surface area contributed by atoms with Crippen LogP contribution in [0.4, 0.5) is 5.69 Å². The number of amides is 1. The highest BCUT2D eigenvalue weighted by Crippen LogP contribution is 2.27. The number of hydrogen-bond donors (Lipinski definition) is 2.